The van der Waals surface area contributed by atoms with Gasteiger partial charge >= 0.3 is 0 Å². The summed E-state index contributed by atoms with van der Waals surface area (Å²) in [5.74, 6) is 0.629. The molecule has 0 radical (unpaired) electrons. The Morgan fingerprint density at radius 3 is 2.48 bits per heavy atom. The molecule has 2 N–H and O–H groups in total. The largest absolute Gasteiger partial charge is 0.385 e. The van der Waals surface area contributed by atoms with E-state index in [1.165, 1.54) is 24.2 Å². The number of amides is 2. The zero-order chi connectivity index (χ0) is 18.1. The molecule has 0 aromatic heterocycles. The fourth-order valence-corrected chi connectivity index (χ4v) is 3.41. The third-order valence-corrected chi connectivity index (χ3v) is 5.18. The van der Waals surface area contributed by atoms with Crippen LogP contribution in [0.15, 0.2) is 4.99 Å². The molecule has 7 heteroatoms. The van der Waals surface area contributed by atoms with Crippen molar-refractivity contribution in [1.29, 1.82) is 0 Å². The summed E-state index contributed by atoms with van der Waals surface area (Å²) in [7, 11) is 1.74. The lowest BCUT2D eigenvalue weighted by Gasteiger charge is -2.40. The van der Waals surface area contributed by atoms with Crippen LogP contribution in [0.25, 0.3) is 0 Å². The van der Waals surface area contributed by atoms with E-state index in [9.17, 15) is 9.59 Å². The first-order valence-corrected chi connectivity index (χ1v) is 9.44. The number of likely N-dealkylation sites (tertiary alicyclic amines) is 1. The van der Waals surface area contributed by atoms with Crippen LogP contribution in [-0.2, 0) is 14.3 Å². The van der Waals surface area contributed by atoms with Crippen molar-refractivity contribution in [3.05, 3.63) is 0 Å². The first-order chi connectivity index (χ1) is 12.1. The van der Waals surface area contributed by atoms with Gasteiger partial charge in [0.25, 0.3) is 0 Å². The highest BCUT2D eigenvalue weighted by Crippen LogP contribution is 2.44. The highest BCUT2D eigenvalue weighted by Gasteiger charge is 2.36. The average Bonchev–Trinajstić information content (AvgIpc) is 2.56. The van der Waals surface area contributed by atoms with E-state index in [4.69, 9.17) is 9.73 Å². The van der Waals surface area contributed by atoms with Gasteiger partial charge in [-0.2, -0.15) is 0 Å². The van der Waals surface area contributed by atoms with Crippen LogP contribution in [0.4, 0.5) is 0 Å². The first kappa shape index (κ1) is 19.7. The summed E-state index contributed by atoms with van der Waals surface area (Å²) in [4.78, 5) is 29.8. The zero-order valence-corrected chi connectivity index (χ0v) is 15.6. The molecule has 142 valence electrons. The summed E-state index contributed by atoms with van der Waals surface area (Å²) < 4.78 is 5.23. The molecular weight excluding hydrogens is 320 g/mol. The average molecular weight is 352 g/mol. The van der Waals surface area contributed by atoms with Crippen molar-refractivity contribution < 1.29 is 14.3 Å². The second kappa shape index (κ2) is 9.75. The second-order valence-corrected chi connectivity index (χ2v) is 7.01. The SMILES string of the molecule is CCNC(=NCC1(CCOC)CCC1)NCCN1C(=O)CCCC1=O. The Morgan fingerprint density at radius 1 is 1.20 bits per heavy atom. The van der Waals surface area contributed by atoms with Crippen molar-refractivity contribution in [2.75, 3.05) is 39.9 Å². The monoisotopic (exact) mass is 352 g/mol. The lowest BCUT2D eigenvalue weighted by Crippen LogP contribution is -2.47. The number of piperidine rings is 1. The van der Waals surface area contributed by atoms with Crippen LogP contribution in [0.3, 0.4) is 0 Å². The standard InChI is InChI=1S/C18H32N4O3/c1-3-19-17(21-14-18(8-5-9-18)10-13-25-2)20-11-12-22-15(23)6-4-7-16(22)24/h3-14H2,1-2H3,(H2,19,20,21). The van der Waals surface area contributed by atoms with E-state index in [-0.39, 0.29) is 17.2 Å². The van der Waals surface area contributed by atoms with Crippen LogP contribution < -0.4 is 10.6 Å². The van der Waals surface area contributed by atoms with E-state index in [0.717, 1.165) is 32.1 Å². The second-order valence-electron chi connectivity index (χ2n) is 7.01. The number of rotatable bonds is 9. The normalized spacial score (nSPS) is 20.4. The molecule has 2 aliphatic rings. The lowest BCUT2D eigenvalue weighted by molar-refractivity contribution is -0.147. The fraction of sp³-hybridized carbons (Fsp3) is 0.833. The van der Waals surface area contributed by atoms with Crippen LogP contribution in [-0.4, -0.2) is 62.6 Å². The first-order valence-electron chi connectivity index (χ1n) is 9.44. The maximum Gasteiger partial charge on any atom is 0.229 e. The van der Waals surface area contributed by atoms with Crippen LogP contribution in [0.1, 0.15) is 51.9 Å². The summed E-state index contributed by atoms with van der Waals surface area (Å²) in [5, 5.41) is 6.49. The number of nitrogens with zero attached hydrogens (tertiary/aromatic N) is 2. The summed E-state index contributed by atoms with van der Waals surface area (Å²) in [6, 6.07) is 0. The van der Waals surface area contributed by atoms with Gasteiger partial charge in [0.15, 0.2) is 5.96 Å². The number of methoxy groups -OCH3 is 1. The quantitative estimate of drug-likeness (QED) is 0.371. The third kappa shape index (κ3) is 5.70. The Bertz CT molecular complexity index is 473. The smallest absolute Gasteiger partial charge is 0.229 e. The number of guanidine groups is 1. The molecule has 2 fully saturated rings. The molecule has 2 amide bonds. The molecule has 0 aromatic carbocycles. The van der Waals surface area contributed by atoms with Gasteiger partial charge in [0.1, 0.15) is 0 Å². The molecule has 2 rings (SSSR count). The summed E-state index contributed by atoms with van der Waals surface area (Å²) >= 11 is 0. The Hall–Kier alpha value is -1.63. The Kier molecular flexibility index (Phi) is 7.68. The Balaban J connectivity index is 1.83. The zero-order valence-electron chi connectivity index (χ0n) is 15.6. The van der Waals surface area contributed by atoms with E-state index in [2.05, 4.69) is 10.6 Å². The number of ether oxygens (including phenoxy) is 1. The van der Waals surface area contributed by atoms with E-state index in [1.807, 2.05) is 6.92 Å². The summed E-state index contributed by atoms with van der Waals surface area (Å²) in [5.41, 5.74) is 0.275. The molecule has 1 heterocycles. The minimum absolute atomic E-state index is 0.0621. The molecule has 0 unspecified atom stereocenters. The minimum atomic E-state index is -0.0621. The molecule has 7 nitrogen and oxygen atoms in total. The fourth-order valence-electron chi connectivity index (χ4n) is 3.41. The maximum atomic E-state index is 11.8. The summed E-state index contributed by atoms with van der Waals surface area (Å²) in [6.07, 6.45) is 6.34. The Labute approximate surface area is 150 Å². The van der Waals surface area contributed by atoms with Crippen LogP contribution in [0, 0.1) is 5.41 Å². The van der Waals surface area contributed by atoms with Crippen molar-refractivity contribution in [3.63, 3.8) is 0 Å². The van der Waals surface area contributed by atoms with Crippen LogP contribution in [0.5, 0.6) is 0 Å². The number of imide groups is 1. The molecular formula is C18H32N4O3. The Morgan fingerprint density at radius 2 is 1.92 bits per heavy atom. The summed E-state index contributed by atoms with van der Waals surface area (Å²) in [6.45, 7) is 5.29. The van der Waals surface area contributed by atoms with Crippen LogP contribution in [0.2, 0.25) is 0 Å². The lowest BCUT2D eigenvalue weighted by atomic mass is 9.67. The number of carbonyl (C=O) groups excluding carboxylic acids is 2. The highest BCUT2D eigenvalue weighted by atomic mass is 16.5. The molecule has 1 saturated carbocycles. The molecule has 25 heavy (non-hydrogen) atoms. The van der Waals surface area contributed by atoms with Gasteiger partial charge in [-0.1, -0.05) is 6.42 Å². The molecule has 0 aromatic rings. The van der Waals surface area contributed by atoms with Gasteiger partial charge in [0.2, 0.25) is 11.8 Å². The van der Waals surface area contributed by atoms with Crippen molar-refractivity contribution in [3.8, 4) is 0 Å². The molecule has 0 spiro atoms. The molecule has 1 aliphatic carbocycles. The van der Waals surface area contributed by atoms with Gasteiger partial charge in [-0.25, -0.2) is 0 Å². The topological polar surface area (TPSA) is 83.0 Å². The maximum absolute atomic E-state index is 11.8. The number of nitrogens with one attached hydrogen (secondary N) is 2. The van der Waals surface area contributed by atoms with Crippen molar-refractivity contribution in [2.24, 2.45) is 10.4 Å². The predicted octanol–water partition coefficient (Wildman–Crippen LogP) is 1.29. The van der Waals surface area contributed by atoms with E-state index in [0.29, 0.717) is 32.4 Å². The predicted molar refractivity (Wildman–Crippen MR) is 97.3 cm³/mol. The molecule has 0 atom stereocenters. The van der Waals surface area contributed by atoms with Crippen molar-refractivity contribution in [1.82, 2.24) is 15.5 Å². The number of hydrogen-bond donors (Lipinski definition) is 2. The van der Waals surface area contributed by atoms with E-state index in [1.54, 1.807) is 7.11 Å². The number of aliphatic imine (C=N–C) groups is 1. The third-order valence-electron chi connectivity index (χ3n) is 5.18. The minimum Gasteiger partial charge on any atom is -0.385 e. The molecule has 0 bridgehead atoms. The van der Waals surface area contributed by atoms with Gasteiger partial charge in [0, 0.05) is 52.7 Å². The highest BCUT2D eigenvalue weighted by molar-refractivity contribution is 5.97. The van der Waals surface area contributed by atoms with E-state index >= 15 is 0 Å². The van der Waals surface area contributed by atoms with Gasteiger partial charge < -0.3 is 15.4 Å². The van der Waals surface area contributed by atoms with Crippen molar-refractivity contribution >= 4 is 17.8 Å². The van der Waals surface area contributed by atoms with Gasteiger partial charge in [0.05, 0.1) is 0 Å². The van der Waals surface area contributed by atoms with Gasteiger partial charge in [-0.3, -0.25) is 19.5 Å². The number of hydrogen-bond acceptors (Lipinski definition) is 4. The van der Waals surface area contributed by atoms with Crippen LogP contribution >= 0.6 is 0 Å². The number of carbonyl (C=O) groups is 2. The molecule has 1 aliphatic heterocycles. The van der Waals surface area contributed by atoms with Crippen molar-refractivity contribution in [2.45, 2.75) is 51.9 Å². The van der Waals surface area contributed by atoms with Gasteiger partial charge in [-0.15, -0.1) is 0 Å². The molecule has 1 saturated heterocycles. The van der Waals surface area contributed by atoms with Gasteiger partial charge in [-0.05, 0) is 38.0 Å². The van der Waals surface area contributed by atoms with E-state index < -0.39 is 0 Å².